The predicted molar refractivity (Wildman–Crippen MR) is 83.4 cm³/mol. The molecule has 18 heavy (non-hydrogen) atoms. The third-order valence-electron chi connectivity index (χ3n) is 2.54. The average Bonchev–Trinajstić information content (AvgIpc) is 2.45. The first-order chi connectivity index (χ1) is 8.88. The van der Waals surface area contributed by atoms with Gasteiger partial charge in [0.05, 0.1) is 12.0 Å². The summed E-state index contributed by atoms with van der Waals surface area (Å²) in [4.78, 5) is 0. The molecule has 2 rings (SSSR count). The summed E-state index contributed by atoms with van der Waals surface area (Å²) < 4.78 is 2.09. The van der Waals surface area contributed by atoms with Crippen LogP contribution >= 0.6 is 24.2 Å². The van der Waals surface area contributed by atoms with Crippen LogP contribution in [0.1, 0.15) is 11.1 Å². The van der Waals surface area contributed by atoms with Gasteiger partial charge in [-0.25, -0.2) is 0 Å². The van der Waals surface area contributed by atoms with Crippen molar-refractivity contribution in [3.63, 3.8) is 0 Å². The standard InChI is InChI=1S/C15H15NS2/c17-13-16(11-14-7-3-1-4-8-14)18-12-15-9-5-2-6-10-15/h1-10,13H,11-12H2. The first-order valence-electron chi connectivity index (χ1n) is 5.81. The van der Waals surface area contributed by atoms with Gasteiger partial charge in [0, 0.05) is 5.75 Å². The normalized spacial score (nSPS) is 10.0. The molecular weight excluding hydrogens is 258 g/mol. The van der Waals surface area contributed by atoms with Crippen LogP contribution < -0.4 is 0 Å². The van der Waals surface area contributed by atoms with Crippen molar-refractivity contribution >= 4 is 29.7 Å². The lowest BCUT2D eigenvalue weighted by atomic mass is 10.2. The second-order valence-electron chi connectivity index (χ2n) is 3.93. The number of benzene rings is 2. The Bertz CT molecular complexity index is 470. The molecule has 0 aliphatic heterocycles. The lowest BCUT2D eigenvalue weighted by Gasteiger charge is -2.17. The molecule has 1 nitrogen and oxygen atoms in total. The molecule has 2 aromatic carbocycles. The molecule has 0 N–H and O–H groups in total. The van der Waals surface area contributed by atoms with E-state index in [0.29, 0.717) is 0 Å². The zero-order chi connectivity index (χ0) is 12.6. The summed E-state index contributed by atoms with van der Waals surface area (Å²) in [5, 5.41) is 0. The first-order valence-corrected chi connectivity index (χ1v) is 7.22. The SMILES string of the molecule is S=CN(Cc1ccccc1)SCc1ccccc1. The molecule has 0 aliphatic carbocycles. The van der Waals surface area contributed by atoms with Crippen molar-refractivity contribution in [2.45, 2.75) is 12.3 Å². The van der Waals surface area contributed by atoms with Crippen LogP contribution in [0.3, 0.4) is 0 Å². The van der Waals surface area contributed by atoms with Crippen LogP contribution in [0.4, 0.5) is 0 Å². The molecule has 0 bridgehead atoms. The van der Waals surface area contributed by atoms with E-state index in [1.54, 1.807) is 17.4 Å². The third-order valence-corrected chi connectivity index (χ3v) is 3.96. The van der Waals surface area contributed by atoms with Crippen LogP contribution in [-0.2, 0) is 12.3 Å². The van der Waals surface area contributed by atoms with Crippen LogP contribution in [0.2, 0.25) is 0 Å². The van der Waals surface area contributed by atoms with E-state index in [1.807, 2.05) is 12.1 Å². The highest BCUT2D eigenvalue weighted by Crippen LogP contribution is 2.18. The fourth-order valence-corrected chi connectivity index (χ4v) is 2.67. The molecular formula is C15H15NS2. The van der Waals surface area contributed by atoms with E-state index in [0.717, 1.165) is 12.3 Å². The van der Waals surface area contributed by atoms with Gasteiger partial charge in [0.25, 0.3) is 0 Å². The van der Waals surface area contributed by atoms with Gasteiger partial charge in [-0.2, -0.15) is 0 Å². The van der Waals surface area contributed by atoms with Crippen molar-refractivity contribution in [2.24, 2.45) is 0 Å². The summed E-state index contributed by atoms with van der Waals surface area (Å²) in [6.07, 6.45) is 0. The van der Waals surface area contributed by atoms with Gasteiger partial charge in [0.2, 0.25) is 0 Å². The smallest absolute Gasteiger partial charge is 0.0743 e. The van der Waals surface area contributed by atoms with Gasteiger partial charge in [0.15, 0.2) is 0 Å². The molecule has 0 radical (unpaired) electrons. The van der Waals surface area contributed by atoms with E-state index in [1.165, 1.54) is 11.1 Å². The highest BCUT2D eigenvalue weighted by atomic mass is 32.2. The Labute approximate surface area is 118 Å². The van der Waals surface area contributed by atoms with Crippen LogP contribution in [0.25, 0.3) is 0 Å². The van der Waals surface area contributed by atoms with E-state index in [4.69, 9.17) is 12.2 Å². The van der Waals surface area contributed by atoms with Gasteiger partial charge in [-0.15, -0.1) is 0 Å². The van der Waals surface area contributed by atoms with Crippen molar-refractivity contribution in [3.8, 4) is 0 Å². The molecule has 2 aromatic rings. The molecule has 0 aromatic heterocycles. The van der Waals surface area contributed by atoms with Crippen LogP contribution in [0, 0.1) is 0 Å². The second-order valence-corrected chi connectivity index (χ2v) is 5.15. The minimum atomic E-state index is 0.849. The van der Waals surface area contributed by atoms with E-state index >= 15 is 0 Å². The lowest BCUT2D eigenvalue weighted by Crippen LogP contribution is -2.11. The Morgan fingerprint density at radius 3 is 2.00 bits per heavy atom. The highest BCUT2D eigenvalue weighted by Gasteiger charge is 2.02. The zero-order valence-electron chi connectivity index (χ0n) is 10.0. The van der Waals surface area contributed by atoms with Crippen LogP contribution in [-0.4, -0.2) is 9.80 Å². The van der Waals surface area contributed by atoms with Gasteiger partial charge in [0.1, 0.15) is 0 Å². The summed E-state index contributed by atoms with van der Waals surface area (Å²) in [5.74, 6) is 0.945. The quantitative estimate of drug-likeness (QED) is 0.571. The Morgan fingerprint density at radius 2 is 1.44 bits per heavy atom. The van der Waals surface area contributed by atoms with Gasteiger partial charge < -0.3 is 4.31 Å². The number of hydrogen-bond acceptors (Lipinski definition) is 2. The number of hydrogen-bond donors (Lipinski definition) is 0. The summed E-state index contributed by atoms with van der Waals surface area (Å²) >= 11 is 6.81. The zero-order valence-corrected chi connectivity index (χ0v) is 11.7. The molecule has 0 heterocycles. The molecule has 0 amide bonds. The summed E-state index contributed by atoms with van der Waals surface area (Å²) in [5.41, 5.74) is 4.32. The van der Waals surface area contributed by atoms with Crippen molar-refractivity contribution in [1.29, 1.82) is 0 Å². The van der Waals surface area contributed by atoms with Gasteiger partial charge in [-0.1, -0.05) is 72.9 Å². The molecule has 0 spiro atoms. The van der Waals surface area contributed by atoms with Crippen LogP contribution in [0.5, 0.6) is 0 Å². The van der Waals surface area contributed by atoms with E-state index in [-0.39, 0.29) is 0 Å². The topological polar surface area (TPSA) is 3.24 Å². The number of thiocarbonyl (C=S) groups is 1. The Balaban J connectivity index is 1.88. The molecule has 3 heteroatoms. The molecule has 0 saturated carbocycles. The maximum Gasteiger partial charge on any atom is 0.0743 e. The molecule has 92 valence electrons. The number of rotatable bonds is 6. The summed E-state index contributed by atoms with van der Waals surface area (Å²) in [7, 11) is 0. The predicted octanol–water partition coefficient (Wildman–Crippen LogP) is 4.29. The fourth-order valence-electron chi connectivity index (χ4n) is 1.61. The molecule has 0 saturated heterocycles. The van der Waals surface area contributed by atoms with Crippen molar-refractivity contribution in [2.75, 3.05) is 0 Å². The Morgan fingerprint density at radius 1 is 0.889 bits per heavy atom. The highest BCUT2D eigenvalue weighted by molar-refractivity contribution is 7.97. The van der Waals surface area contributed by atoms with Gasteiger partial charge in [-0.3, -0.25) is 0 Å². The van der Waals surface area contributed by atoms with Crippen molar-refractivity contribution in [1.82, 2.24) is 4.31 Å². The molecule has 0 aliphatic rings. The Hall–Kier alpha value is -1.32. The molecule has 0 atom stereocenters. The second kappa shape index (κ2) is 7.19. The minimum Gasteiger partial charge on any atom is -0.308 e. The largest absolute Gasteiger partial charge is 0.308 e. The molecule has 0 fully saturated rings. The third kappa shape index (κ3) is 4.17. The minimum absolute atomic E-state index is 0.849. The number of nitrogens with zero attached hydrogens (tertiary/aromatic N) is 1. The maximum absolute atomic E-state index is 5.07. The summed E-state index contributed by atoms with van der Waals surface area (Å²) in [6, 6.07) is 20.8. The fraction of sp³-hybridized carbons (Fsp3) is 0.133. The first kappa shape index (κ1) is 13.1. The van der Waals surface area contributed by atoms with E-state index in [2.05, 4.69) is 52.8 Å². The van der Waals surface area contributed by atoms with Crippen molar-refractivity contribution in [3.05, 3.63) is 71.8 Å². The van der Waals surface area contributed by atoms with Crippen molar-refractivity contribution < 1.29 is 0 Å². The van der Waals surface area contributed by atoms with Gasteiger partial charge in [-0.05, 0) is 23.1 Å². The average molecular weight is 273 g/mol. The monoisotopic (exact) mass is 273 g/mol. The van der Waals surface area contributed by atoms with E-state index < -0.39 is 0 Å². The Kier molecular flexibility index (Phi) is 5.24. The van der Waals surface area contributed by atoms with E-state index in [9.17, 15) is 0 Å². The maximum atomic E-state index is 5.07. The molecule has 0 unspecified atom stereocenters. The lowest BCUT2D eigenvalue weighted by molar-refractivity contribution is 0.698. The summed E-state index contributed by atoms with van der Waals surface area (Å²) in [6.45, 7) is 0.849. The van der Waals surface area contributed by atoms with Crippen LogP contribution in [0.15, 0.2) is 60.7 Å². The van der Waals surface area contributed by atoms with Gasteiger partial charge >= 0.3 is 0 Å².